The van der Waals surface area contributed by atoms with Gasteiger partial charge in [0.2, 0.25) is 0 Å². The van der Waals surface area contributed by atoms with Crippen LogP contribution in [-0.2, 0) is 0 Å². The molecular weight excluding hydrogens is 186 g/mol. The molecule has 2 nitrogen and oxygen atoms in total. The topological polar surface area (TPSA) is 33.1 Å². The van der Waals surface area contributed by atoms with Crippen LogP contribution in [0.4, 0.5) is 0 Å². The van der Waals surface area contributed by atoms with Crippen molar-refractivity contribution in [3.8, 4) is 5.75 Å². The Kier molecular flexibility index (Phi) is 1.85. The highest BCUT2D eigenvalue weighted by atomic mass is 35.5. The molecule has 2 aromatic rings. The van der Waals surface area contributed by atoms with Crippen LogP contribution >= 0.6 is 11.6 Å². The molecule has 0 fully saturated rings. The van der Waals surface area contributed by atoms with Gasteiger partial charge in [0.1, 0.15) is 5.75 Å². The fourth-order valence-electron chi connectivity index (χ4n) is 1.33. The lowest BCUT2D eigenvalue weighted by molar-refractivity contribution is 0.474. The van der Waals surface area contributed by atoms with Crippen LogP contribution in [0.1, 0.15) is 5.56 Å². The third-order valence-electron chi connectivity index (χ3n) is 1.87. The first-order chi connectivity index (χ1) is 6.16. The number of aromatic nitrogens is 1. The molecular formula is C10H8ClNO. The molecule has 0 spiro atoms. The highest BCUT2D eigenvalue weighted by Crippen LogP contribution is 2.25. The summed E-state index contributed by atoms with van der Waals surface area (Å²) in [5.74, 6) is 0.161. The fraction of sp³-hybridized carbons (Fsp3) is 0.100. The SMILES string of the molecule is Cc1cc(Cl)c2ncc(O)cc2c1. The molecule has 0 aliphatic heterocycles. The Morgan fingerprint density at radius 3 is 2.85 bits per heavy atom. The summed E-state index contributed by atoms with van der Waals surface area (Å²) in [5, 5.41) is 10.7. The van der Waals surface area contributed by atoms with Crippen LogP contribution in [0.5, 0.6) is 5.75 Å². The molecule has 13 heavy (non-hydrogen) atoms. The minimum atomic E-state index is 0.161. The second-order valence-corrected chi connectivity index (χ2v) is 3.42. The minimum Gasteiger partial charge on any atom is -0.506 e. The average Bonchev–Trinajstić information content (AvgIpc) is 2.02. The summed E-state index contributed by atoms with van der Waals surface area (Å²) in [6.45, 7) is 1.95. The molecule has 0 unspecified atom stereocenters. The third kappa shape index (κ3) is 1.45. The lowest BCUT2D eigenvalue weighted by Crippen LogP contribution is -1.81. The van der Waals surface area contributed by atoms with Crippen molar-refractivity contribution in [1.82, 2.24) is 4.98 Å². The molecule has 0 saturated carbocycles. The van der Waals surface area contributed by atoms with Crippen LogP contribution < -0.4 is 0 Å². The van der Waals surface area contributed by atoms with Gasteiger partial charge in [0.25, 0.3) is 0 Å². The van der Waals surface area contributed by atoms with Crippen LogP contribution in [0.25, 0.3) is 10.9 Å². The van der Waals surface area contributed by atoms with Gasteiger partial charge >= 0.3 is 0 Å². The van der Waals surface area contributed by atoms with Crippen molar-refractivity contribution >= 4 is 22.5 Å². The molecule has 2 rings (SSSR count). The summed E-state index contributed by atoms with van der Waals surface area (Å²) in [5.41, 5.74) is 1.79. The number of hydrogen-bond acceptors (Lipinski definition) is 2. The maximum absolute atomic E-state index is 9.21. The van der Waals surface area contributed by atoms with E-state index in [1.54, 1.807) is 6.07 Å². The molecule has 0 amide bonds. The van der Waals surface area contributed by atoms with Gasteiger partial charge in [0.15, 0.2) is 0 Å². The van der Waals surface area contributed by atoms with E-state index in [1.165, 1.54) is 6.20 Å². The summed E-state index contributed by atoms with van der Waals surface area (Å²) in [6, 6.07) is 5.45. The average molecular weight is 194 g/mol. The maximum atomic E-state index is 9.21. The number of nitrogens with zero attached hydrogens (tertiary/aromatic N) is 1. The quantitative estimate of drug-likeness (QED) is 0.698. The molecule has 0 radical (unpaired) electrons. The molecule has 66 valence electrons. The van der Waals surface area contributed by atoms with Gasteiger partial charge in [-0.15, -0.1) is 0 Å². The zero-order valence-electron chi connectivity index (χ0n) is 7.08. The Morgan fingerprint density at radius 2 is 2.08 bits per heavy atom. The Morgan fingerprint density at radius 1 is 1.31 bits per heavy atom. The van der Waals surface area contributed by atoms with Gasteiger partial charge in [0, 0.05) is 5.39 Å². The van der Waals surface area contributed by atoms with Crippen molar-refractivity contribution in [2.45, 2.75) is 6.92 Å². The van der Waals surface area contributed by atoms with E-state index in [2.05, 4.69) is 4.98 Å². The fourth-order valence-corrected chi connectivity index (χ4v) is 1.66. The Bertz CT molecular complexity index is 462. The van der Waals surface area contributed by atoms with Gasteiger partial charge in [-0.3, -0.25) is 4.98 Å². The van der Waals surface area contributed by atoms with Gasteiger partial charge in [0.05, 0.1) is 16.7 Å². The summed E-state index contributed by atoms with van der Waals surface area (Å²) in [6.07, 6.45) is 1.39. The van der Waals surface area contributed by atoms with Gasteiger partial charge < -0.3 is 5.11 Å². The van der Waals surface area contributed by atoms with E-state index >= 15 is 0 Å². The molecule has 1 aromatic heterocycles. The van der Waals surface area contributed by atoms with E-state index in [1.807, 2.05) is 19.1 Å². The molecule has 0 saturated heterocycles. The van der Waals surface area contributed by atoms with Crippen molar-refractivity contribution < 1.29 is 5.11 Å². The number of fused-ring (bicyclic) bond motifs is 1. The van der Waals surface area contributed by atoms with E-state index < -0.39 is 0 Å². The van der Waals surface area contributed by atoms with E-state index in [0.29, 0.717) is 5.02 Å². The van der Waals surface area contributed by atoms with Crippen molar-refractivity contribution in [2.75, 3.05) is 0 Å². The summed E-state index contributed by atoms with van der Waals surface area (Å²) < 4.78 is 0. The van der Waals surface area contributed by atoms with Gasteiger partial charge in [-0.25, -0.2) is 0 Å². The Balaban J connectivity index is 2.86. The van der Waals surface area contributed by atoms with Crippen molar-refractivity contribution in [1.29, 1.82) is 0 Å². The zero-order chi connectivity index (χ0) is 9.42. The molecule has 1 heterocycles. The largest absolute Gasteiger partial charge is 0.506 e. The maximum Gasteiger partial charge on any atom is 0.134 e. The van der Waals surface area contributed by atoms with Crippen LogP contribution in [-0.4, -0.2) is 10.1 Å². The van der Waals surface area contributed by atoms with Crippen LogP contribution in [0, 0.1) is 6.92 Å². The van der Waals surface area contributed by atoms with Gasteiger partial charge in [-0.05, 0) is 30.7 Å². The minimum absolute atomic E-state index is 0.161. The van der Waals surface area contributed by atoms with Gasteiger partial charge in [-0.2, -0.15) is 0 Å². The molecule has 0 bridgehead atoms. The molecule has 0 aliphatic carbocycles. The number of pyridine rings is 1. The van der Waals surface area contributed by atoms with Crippen molar-refractivity contribution in [2.24, 2.45) is 0 Å². The summed E-state index contributed by atoms with van der Waals surface area (Å²) in [7, 11) is 0. The monoisotopic (exact) mass is 193 g/mol. The standard InChI is InChI=1S/C10H8ClNO/c1-6-2-7-4-8(13)5-12-10(7)9(11)3-6/h2-5,13H,1H3. The van der Waals surface area contributed by atoms with Crippen LogP contribution in [0.2, 0.25) is 5.02 Å². The second-order valence-electron chi connectivity index (χ2n) is 3.01. The van der Waals surface area contributed by atoms with Crippen LogP contribution in [0.15, 0.2) is 24.4 Å². The molecule has 1 aromatic carbocycles. The summed E-state index contributed by atoms with van der Waals surface area (Å²) >= 11 is 5.97. The predicted octanol–water partition coefficient (Wildman–Crippen LogP) is 2.90. The molecule has 1 N–H and O–H groups in total. The smallest absolute Gasteiger partial charge is 0.134 e. The second kappa shape index (κ2) is 2.89. The number of aromatic hydroxyl groups is 1. The Hall–Kier alpha value is -1.28. The van der Waals surface area contributed by atoms with Gasteiger partial charge in [-0.1, -0.05) is 11.6 Å². The number of halogens is 1. The lowest BCUT2D eigenvalue weighted by Gasteiger charge is -2.01. The predicted molar refractivity (Wildman–Crippen MR) is 53.2 cm³/mol. The van der Waals surface area contributed by atoms with Crippen LogP contribution in [0.3, 0.4) is 0 Å². The number of benzene rings is 1. The summed E-state index contributed by atoms with van der Waals surface area (Å²) in [4.78, 5) is 4.04. The molecule has 0 aliphatic rings. The van der Waals surface area contributed by atoms with E-state index in [4.69, 9.17) is 11.6 Å². The van der Waals surface area contributed by atoms with E-state index in [0.717, 1.165) is 16.5 Å². The first-order valence-electron chi connectivity index (χ1n) is 3.92. The zero-order valence-corrected chi connectivity index (χ0v) is 7.84. The van der Waals surface area contributed by atoms with Crippen molar-refractivity contribution in [3.05, 3.63) is 35.0 Å². The molecule has 3 heteroatoms. The first kappa shape index (κ1) is 8.32. The third-order valence-corrected chi connectivity index (χ3v) is 2.15. The Labute approximate surface area is 80.8 Å². The number of aryl methyl sites for hydroxylation is 1. The van der Waals surface area contributed by atoms with E-state index in [-0.39, 0.29) is 5.75 Å². The first-order valence-corrected chi connectivity index (χ1v) is 4.29. The lowest BCUT2D eigenvalue weighted by atomic mass is 10.1. The highest BCUT2D eigenvalue weighted by molar-refractivity contribution is 6.35. The molecule has 0 atom stereocenters. The normalized spacial score (nSPS) is 10.6. The van der Waals surface area contributed by atoms with Crippen molar-refractivity contribution in [3.63, 3.8) is 0 Å². The number of hydrogen-bond donors (Lipinski definition) is 1. The highest BCUT2D eigenvalue weighted by Gasteiger charge is 2.02. The van der Waals surface area contributed by atoms with E-state index in [9.17, 15) is 5.11 Å². The number of rotatable bonds is 0.